The van der Waals surface area contributed by atoms with Crippen LogP contribution in [0.2, 0.25) is 0 Å². The molecule has 1 amide bonds. The minimum Gasteiger partial charge on any atom is -0.396 e. The average molecular weight is 241 g/mol. The summed E-state index contributed by atoms with van der Waals surface area (Å²) in [4.78, 5) is 37.8. The normalized spacial score (nSPS) is 12.1. The largest absolute Gasteiger partial charge is 0.396 e. The SMILES string of the molecule is CC(CCO)NC(=O)Cc1cc(=O)[nH]c(=O)[nH]1. The lowest BCUT2D eigenvalue weighted by molar-refractivity contribution is -0.121. The van der Waals surface area contributed by atoms with Gasteiger partial charge in [-0.3, -0.25) is 14.6 Å². The summed E-state index contributed by atoms with van der Waals surface area (Å²) in [6.45, 7) is 1.75. The highest BCUT2D eigenvalue weighted by molar-refractivity contribution is 5.78. The Bertz CT molecular complexity index is 463. The Labute approximate surface area is 96.9 Å². The first-order chi connectivity index (χ1) is 8.01. The lowest BCUT2D eigenvalue weighted by Gasteiger charge is -2.11. The molecule has 1 heterocycles. The summed E-state index contributed by atoms with van der Waals surface area (Å²) in [6, 6.07) is 1.01. The smallest absolute Gasteiger partial charge is 0.325 e. The molecule has 0 saturated heterocycles. The quantitative estimate of drug-likeness (QED) is 0.501. The molecule has 7 heteroatoms. The monoisotopic (exact) mass is 241 g/mol. The van der Waals surface area contributed by atoms with E-state index in [1.165, 1.54) is 0 Å². The van der Waals surface area contributed by atoms with Crippen molar-refractivity contribution in [3.8, 4) is 0 Å². The van der Waals surface area contributed by atoms with Crippen LogP contribution in [0.25, 0.3) is 0 Å². The molecule has 7 nitrogen and oxygen atoms in total. The molecule has 17 heavy (non-hydrogen) atoms. The number of hydrogen-bond donors (Lipinski definition) is 4. The van der Waals surface area contributed by atoms with E-state index in [2.05, 4.69) is 10.3 Å². The van der Waals surface area contributed by atoms with Crippen molar-refractivity contribution < 1.29 is 9.90 Å². The number of aliphatic hydroxyl groups excluding tert-OH is 1. The van der Waals surface area contributed by atoms with Crippen LogP contribution >= 0.6 is 0 Å². The third-order valence-corrected chi connectivity index (χ3v) is 2.14. The Morgan fingerprint density at radius 3 is 2.76 bits per heavy atom. The van der Waals surface area contributed by atoms with Crippen LogP contribution in [0.3, 0.4) is 0 Å². The highest BCUT2D eigenvalue weighted by Gasteiger charge is 2.08. The standard InChI is InChI=1S/C10H15N3O4/c1-6(2-3-14)11-8(15)4-7-5-9(16)13-10(17)12-7/h5-6,14H,2-4H2,1H3,(H,11,15)(H2,12,13,16,17). The highest BCUT2D eigenvalue weighted by Crippen LogP contribution is 1.92. The minimum atomic E-state index is -0.635. The zero-order valence-corrected chi connectivity index (χ0v) is 9.45. The highest BCUT2D eigenvalue weighted by atomic mass is 16.3. The van der Waals surface area contributed by atoms with E-state index in [9.17, 15) is 14.4 Å². The molecule has 4 N–H and O–H groups in total. The number of carbonyl (C=O) groups excluding carboxylic acids is 1. The van der Waals surface area contributed by atoms with Crippen LogP contribution < -0.4 is 16.6 Å². The van der Waals surface area contributed by atoms with Crippen LogP contribution in [0.5, 0.6) is 0 Å². The molecule has 0 spiro atoms. The summed E-state index contributed by atoms with van der Waals surface area (Å²) in [7, 11) is 0. The third-order valence-electron chi connectivity index (χ3n) is 2.14. The van der Waals surface area contributed by atoms with E-state index in [1.54, 1.807) is 6.92 Å². The second kappa shape index (κ2) is 6.00. The van der Waals surface area contributed by atoms with Crippen molar-refractivity contribution in [2.75, 3.05) is 6.61 Å². The lowest BCUT2D eigenvalue weighted by Crippen LogP contribution is -2.35. The maximum atomic E-state index is 11.5. The first kappa shape index (κ1) is 13.2. The van der Waals surface area contributed by atoms with Gasteiger partial charge in [0, 0.05) is 24.4 Å². The first-order valence-electron chi connectivity index (χ1n) is 5.24. The summed E-state index contributed by atoms with van der Waals surface area (Å²) in [5.41, 5.74) is -0.920. The van der Waals surface area contributed by atoms with Crippen molar-refractivity contribution in [2.24, 2.45) is 0 Å². The predicted molar refractivity (Wildman–Crippen MR) is 60.7 cm³/mol. The Morgan fingerprint density at radius 2 is 2.18 bits per heavy atom. The number of hydrogen-bond acceptors (Lipinski definition) is 4. The fourth-order valence-corrected chi connectivity index (χ4v) is 1.38. The number of H-pyrrole nitrogens is 2. The third kappa shape index (κ3) is 4.64. The van der Waals surface area contributed by atoms with E-state index in [0.29, 0.717) is 6.42 Å². The van der Waals surface area contributed by atoms with E-state index in [4.69, 9.17) is 5.11 Å². The Kier molecular flexibility index (Phi) is 4.65. The van der Waals surface area contributed by atoms with Gasteiger partial charge in [-0.15, -0.1) is 0 Å². The Morgan fingerprint density at radius 1 is 1.47 bits per heavy atom. The van der Waals surface area contributed by atoms with Crippen molar-refractivity contribution >= 4 is 5.91 Å². The number of rotatable bonds is 5. The van der Waals surface area contributed by atoms with Crippen LogP contribution in [-0.4, -0.2) is 33.6 Å². The lowest BCUT2D eigenvalue weighted by atomic mass is 10.2. The summed E-state index contributed by atoms with van der Waals surface area (Å²) < 4.78 is 0. The number of aromatic nitrogens is 2. The van der Waals surface area contributed by atoms with Gasteiger partial charge in [0.15, 0.2) is 0 Å². The molecule has 1 rings (SSSR count). The van der Waals surface area contributed by atoms with E-state index < -0.39 is 11.2 Å². The molecule has 0 aromatic carbocycles. The molecular weight excluding hydrogens is 226 g/mol. The average Bonchev–Trinajstić information content (AvgIpc) is 2.14. The molecule has 1 aromatic rings. The summed E-state index contributed by atoms with van der Waals surface area (Å²) in [5.74, 6) is -0.313. The number of carbonyl (C=O) groups is 1. The van der Waals surface area contributed by atoms with E-state index in [1.807, 2.05) is 4.98 Å². The zero-order valence-electron chi connectivity index (χ0n) is 9.45. The van der Waals surface area contributed by atoms with Crippen molar-refractivity contribution in [3.05, 3.63) is 32.6 Å². The zero-order chi connectivity index (χ0) is 12.8. The van der Waals surface area contributed by atoms with Gasteiger partial charge < -0.3 is 15.4 Å². The van der Waals surface area contributed by atoms with Gasteiger partial charge in [-0.1, -0.05) is 0 Å². The summed E-state index contributed by atoms with van der Waals surface area (Å²) in [5, 5.41) is 11.3. The number of aliphatic hydroxyl groups is 1. The van der Waals surface area contributed by atoms with Crippen LogP contribution in [0, 0.1) is 0 Å². The Balaban J connectivity index is 2.62. The second-order valence-corrected chi connectivity index (χ2v) is 3.77. The van der Waals surface area contributed by atoms with Crippen LogP contribution in [-0.2, 0) is 11.2 Å². The maximum Gasteiger partial charge on any atom is 0.325 e. The van der Waals surface area contributed by atoms with Gasteiger partial charge in [-0.25, -0.2) is 4.79 Å². The van der Waals surface area contributed by atoms with Crippen molar-refractivity contribution in [3.63, 3.8) is 0 Å². The van der Waals surface area contributed by atoms with Crippen molar-refractivity contribution in [1.29, 1.82) is 0 Å². The molecule has 0 radical (unpaired) electrons. The molecule has 0 aliphatic carbocycles. The topological polar surface area (TPSA) is 115 Å². The molecule has 0 fully saturated rings. The molecule has 94 valence electrons. The number of amides is 1. The minimum absolute atomic E-state index is 0.0106. The van der Waals surface area contributed by atoms with Crippen LogP contribution in [0.4, 0.5) is 0 Å². The molecule has 1 atom stereocenters. The van der Waals surface area contributed by atoms with Gasteiger partial charge in [0.1, 0.15) is 0 Å². The maximum absolute atomic E-state index is 11.5. The molecule has 1 aromatic heterocycles. The summed E-state index contributed by atoms with van der Waals surface area (Å²) >= 11 is 0. The first-order valence-corrected chi connectivity index (χ1v) is 5.24. The molecule has 0 bridgehead atoms. The number of aromatic amines is 2. The van der Waals surface area contributed by atoms with E-state index in [-0.39, 0.29) is 30.7 Å². The van der Waals surface area contributed by atoms with Gasteiger partial charge in [0.05, 0.1) is 6.42 Å². The van der Waals surface area contributed by atoms with E-state index >= 15 is 0 Å². The molecule has 0 aliphatic heterocycles. The predicted octanol–water partition coefficient (Wildman–Crippen LogP) is -1.51. The van der Waals surface area contributed by atoms with Gasteiger partial charge in [-0.2, -0.15) is 0 Å². The van der Waals surface area contributed by atoms with Crippen molar-refractivity contribution in [1.82, 2.24) is 15.3 Å². The van der Waals surface area contributed by atoms with Gasteiger partial charge in [0.25, 0.3) is 5.56 Å². The molecule has 0 saturated carbocycles. The van der Waals surface area contributed by atoms with Crippen LogP contribution in [0.15, 0.2) is 15.7 Å². The van der Waals surface area contributed by atoms with Gasteiger partial charge >= 0.3 is 5.69 Å². The van der Waals surface area contributed by atoms with Gasteiger partial charge in [-0.05, 0) is 13.3 Å². The van der Waals surface area contributed by atoms with Crippen LogP contribution in [0.1, 0.15) is 19.0 Å². The summed E-state index contributed by atoms with van der Waals surface area (Å²) in [6.07, 6.45) is 0.382. The fraction of sp³-hybridized carbons (Fsp3) is 0.500. The molecular formula is C10H15N3O4. The molecule has 1 unspecified atom stereocenters. The van der Waals surface area contributed by atoms with E-state index in [0.717, 1.165) is 6.07 Å². The van der Waals surface area contributed by atoms with Crippen molar-refractivity contribution in [2.45, 2.75) is 25.8 Å². The second-order valence-electron chi connectivity index (χ2n) is 3.77. The number of nitrogens with one attached hydrogen (secondary N) is 3. The Hall–Kier alpha value is -1.89. The van der Waals surface area contributed by atoms with Gasteiger partial charge in [0.2, 0.25) is 5.91 Å². The fourth-order valence-electron chi connectivity index (χ4n) is 1.38. The molecule has 0 aliphatic rings.